The molecule has 1 heterocycles. The van der Waals surface area contributed by atoms with Crippen molar-refractivity contribution in [2.75, 3.05) is 0 Å². The van der Waals surface area contributed by atoms with Gasteiger partial charge in [-0.05, 0) is 26.2 Å². The van der Waals surface area contributed by atoms with Crippen LogP contribution in [0.2, 0.25) is 0 Å². The number of aromatic nitrogens is 2. The average molecular weight is 197 g/mol. The van der Waals surface area contributed by atoms with E-state index in [1.165, 1.54) is 0 Å². The highest BCUT2D eigenvalue weighted by Gasteiger charge is 2.07. The molecule has 1 aromatic rings. The van der Waals surface area contributed by atoms with Gasteiger partial charge in [0.25, 0.3) is 0 Å². The molecule has 4 nitrogen and oxygen atoms in total. The maximum absolute atomic E-state index is 5.00. The Morgan fingerprint density at radius 1 is 1.36 bits per heavy atom. The Kier molecular flexibility index (Phi) is 4.07. The Labute approximate surface area is 85.1 Å². The van der Waals surface area contributed by atoms with Gasteiger partial charge in [0.1, 0.15) is 0 Å². The standard InChI is InChI=1S/C10H19N3O/c1-7(2)5-8(3)11-6-10-12-9(4)13-14-10/h7-8,11H,5-6H2,1-4H3. The lowest BCUT2D eigenvalue weighted by atomic mass is 10.1. The van der Waals surface area contributed by atoms with E-state index in [0.717, 1.165) is 6.42 Å². The second-order valence-electron chi connectivity index (χ2n) is 4.15. The van der Waals surface area contributed by atoms with Crippen LogP contribution >= 0.6 is 0 Å². The van der Waals surface area contributed by atoms with Crippen molar-refractivity contribution in [1.82, 2.24) is 15.5 Å². The van der Waals surface area contributed by atoms with Crippen molar-refractivity contribution in [3.8, 4) is 0 Å². The van der Waals surface area contributed by atoms with Gasteiger partial charge in [0.2, 0.25) is 5.89 Å². The molecule has 0 spiro atoms. The fraction of sp³-hybridized carbons (Fsp3) is 0.800. The summed E-state index contributed by atoms with van der Waals surface area (Å²) in [7, 11) is 0. The molecule has 0 amide bonds. The second-order valence-corrected chi connectivity index (χ2v) is 4.15. The van der Waals surface area contributed by atoms with Crippen molar-refractivity contribution in [2.45, 2.75) is 46.7 Å². The Balaban J connectivity index is 2.26. The quantitative estimate of drug-likeness (QED) is 0.783. The highest BCUT2D eigenvalue weighted by molar-refractivity contribution is 4.82. The number of hydrogen-bond acceptors (Lipinski definition) is 4. The summed E-state index contributed by atoms with van der Waals surface area (Å²) in [6, 6.07) is 0.488. The number of hydrogen-bond donors (Lipinski definition) is 1. The van der Waals surface area contributed by atoms with Crippen molar-refractivity contribution in [2.24, 2.45) is 5.92 Å². The van der Waals surface area contributed by atoms with Crippen LogP contribution < -0.4 is 5.32 Å². The molecule has 80 valence electrons. The van der Waals surface area contributed by atoms with Gasteiger partial charge in [0, 0.05) is 6.04 Å². The first kappa shape index (κ1) is 11.2. The van der Waals surface area contributed by atoms with E-state index in [9.17, 15) is 0 Å². The summed E-state index contributed by atoms with van der Waals surface area (Å²) in [6.45, 7) is 9.09. The van der Waals surface area contributed by atoms with Crippen molar-refractivity contribution in [1.29, 1.82) is 0 Å². The minimum absolute atomic E-state index is 0.488. The summed E-state index contributed by atoms with van der Waals surface area (Å²) in [4.78, 5) is 4.12. The number of rotatable bonds is 5. The fourth-order valence-electron chi connectivity index (χ4n) is 1.46. The minimum atomic E-state index is 0.488. The number of nitrogens with one attached hydrogen (secondary N) is 1. The number of aryl methyl sites for hydroxylation is 1. The Bertz CT molecular complexity index is 270. The third-order valence-corrected chi connectivity index (χ3v) is 2.00. The molecule has 1 N–H and O–H groups in total. The van der Waals surface area contributed by atoms with Gasteiger partial charge in [0.15, 0.2) is 5.82 Å². The third kappa shape index (κ3) is 3.87. The first-order valence-electron chi connectivity index (χ1n) is 5.10. The third-order valence-electron chi connectivity index (χ3n) is 2.00. The van der Waals surface area contributed by atoms with Gasteiger partial charge in [0.05, 0.1) is 6.54 Å². The molecule has 1 unspecified atom stereocenters. The second kappa shape index (κ2) is 5.10. The van der Waals surface area contributed by atoms with E-state index in [2.05, 4.69) is 36.2 Å². The molecule has 0 aliphatic carbocycles. The largest absolute Gasteiger partial charge is 0.338 e. The van der Waals surface area contributed by atoms with Crippen LogP contribution in [0.3, 0.4) is 0 Å². The molecule has 1 aromatic heterocycles. The van der Waals surface area contributed by atoms with Gasteiger partial charge in [-0.15, -0.1) is 0 Å². The van der Waals surface area contributed by atoms with Gasteiger partial charge in [-0.2, -0.15) is 4.98 Å². The van der Waals surface area contributed by atoms with Gasteiger partial charge in [-0.3, -0.25) is 0 Å². The Morgan fingerprint density at radius 2 is 2.07 bits per heavy atom. The van der Waals surface area contributed by atoms with Crippen molar-refractivity contribution >= 4 is 0 Å². The summed E-state index contributed by atoms with van der Waals surface area (Å²) in [5.41, 5.74) is 0. The van der Waals surface area contributed by atoms with Gasteiger partial charge in [-0.25, -0.2) is 0 Å². The first-order valence-corrected chi connectivity index (χ1v) is 5.10. The predicted molar refractivity (Wildman–Crippen MR) is 54.8 cm³/mol. The van der Waals surface area contributed by atoms with E-state index in [4.69, 9.17) is 4.52 Å². The monoisotopic (exact) mass is 197 g/mol. The topological polar surface area (TPSA) is 51.0 Å². The molecule has 0 saturated carbocycles. The highest BCUT2D eigenvalue weighted by atomic mass is 16.5. The Hall–Kier alpha value is -0.900. The summed E-state index contributed by atoms with van der Waals surface area (Å²) in [6.07, 6.45) is 1.16. The molecule has 0 aliphatic heterocycles. The van der Waals surface area contributed by atoms with E-state index < -0.39 is 0 Å². The highest BCUT2D eigenvalue weighted by Crippen LogP contribution is 2.04. The van der Waals surface area contributed by atoms with Gasteiger partial charge < -0.3 is 9.84 Å². The van der Waals surface area contributed by atoms with E-state index in [-0.39, 0.29) is 0 Å². The zero-order chi connectivity index (χ0) is 10.6. The molecule has 1 rings (SSSR count). The summed E-state index contributed by atoms with van der Waals surface area (Å²) in [5.74, 6) is 2.07. The average Bonchev–Trinajstić information content (AvgIpc) is 2.47. The number of nitrogens with zero attached hydrogens (tertiary/aromatic N) is 2. The summed E-state index contributed by atoms with van der Waals surface area (Å²) < 4.78 is 5.00. The van der Waals surface area contributed by atoms with Crippen LogP contribution in [0.25, 0.3) is 0 Å². The van der Waals surface area contributed by atoms with Crippen LogP contribution in [0.4, 0.5) is 0 Å². The lowest BCUT2D eigenvalue weighted by Crippen LogP contribution is -2.26. The van der Waals surface area contributed by atoms with Crippen LogP contribution in [0.15, 0.2) is 4.52 Å². The van der Waals surface area contributed by atoms with Crippen molar-refractivity contribution < 1.29 is 4.52 Å². The maximum Gasteiger partial charge on any atom is 0.240 e. The summed E-state index contributed by atoms with van der Waals surface area (Å²) in [5, 5.41) is 7.08. The van der Waals surface area contributed by atoms with Crippen molar-refractivity contribution in [3.63, 3.8) is 0 Å². The molecule has 0 radical (unpaired) electrons. The SMILES string of the molecule is Cc1noc(CNC(C)CC(C)C)n1. The smallest absolute Gasteiger partial charge is 0.240 e. The first-order chi connectivity index (χ1) is 6.58. The van der Waals surface area contributed by atoms with Crippen LogP contribution in [0.5, 0.6) is 0 Å². The molecule has 14 heavy (non-hydrogen) atoms. The van der Waals surface area contributed by atoms with Gasteiger partial charge >= 0.3 is 0 Å². The zero-order valence-electron chi connectivity index (χ0n) is 9.37. The van der Waals surface area contributed by atoms with E-state index >= 15 is 0 Å². The zero-order valence-corrected chi connectivity index (χ0v) is 9.37. The molecule has 0 aromatic carbocycles. The summed E-state index contributed by atoms with van der Waals surface area (Å²) >= 11 is 0. The lowest BCUT2D eigenvalue weighted by Gasteiger charge is -2.14. The molecule has 0 bridgehead atoms. The van der Waals surface area contributed by atoms with E-state index in [1.54, 1.807) is 0 Å². The van der Waals surface area contributed by atoms with Crippen molar-refractivity contribution in [3.05, 3.63) is 11.7 Å². The van der Waals surface area contributed by atoms with Gasteiger partial charge in [-0.1, -0.05) is 19.0 Å². The molecular formula is C10H19N3O. The Morgan fingerprint density at radius 3 is 2.57 bits per heavy atom. The molecule has 0 aliphatic rings. The molecule has 0 fully saturated rings. The molecule has 1 atom stereocenters. The van der Waals surface area contributed by atoms with Crippen LogP contribution in [0.1, 0.15) is 38.9 Å². The van der Waals surface area contributed by atoms with E-state index in [0.29, 0.717) is 30.2 Å². The van der Waals surface area contributed by atoms with Crippen LogP contribution in [-0.2, 0) is 6.54 Å². The molecule has 4 heteroatoms. The maximum atomic E-state index is 5.00. The van der Waals surface area contributed by atoms with Crippen LogP contribution in [0, 0.1) is 12.8 Å². The van der Waals surface area contributed by atoms with Crippen LogP contribution in [-0.4, -0.2) is 16.2 Å². The minimum Gasteiger partial charge on any atom is -0.338 e. The fourth-order valence-corrected chi connectivity index (χ4v) is 1.46. The lowest BCUT2D eigenvalue weighted by molar-refractivity contribution is 0.347. The predicted octanol–water partition coefficient (Wildman–Crippen LogP) is 1.90. The van der Waals surface area contributed by atoms with E-state index in [1.807, 2.05) is 6.92 Å². The molecule has 0 saturated heterocycles. The molecular weight excluding hydrogens is 178 g/mol. The normalized spacial score (nSPS) is 13.5.